The minimum Gasteiger partial charge on any atom is -0.491 e. The van der Waals surface area contributed by atoms with Gasteiger partial charge >= 0.3 is 0 Å². The van der Waals surface area contributed by atoms with E-state index in [4.69, 9.17) is 9.47 Å². The highest BCUT2D eigenvalue weighted by molar-refractivity contribution is 5.95. The first kappa shape index (κ1) is 23.2. The second kappa shape index (κ2) is 10.3. The van der Waals surface area contributed by atoms with Crippen molar-refractivity contribution in [2.45, 2.75) is 45.1 Å². The molecule has 0 N–H and O–H groups in total. The molecule has 3 heterocycles. The predicted octanol–water partition coefficient (Wildman–Crippen LogP) is 2.65. The van der Waals surface area contributed by atoms with Crippen molar-refractivity contribution >= 4 is 11.8 Å². The third-order valence-electron chi connectivity index (χ3n) is 6.43. The van der Waals surface area contributed by atoms with E-state index in [0.717, 1.165) is 25.0 Å². The summed E-state index contributed by atoms with van der Waals surface area (Å²) in [5.41, 5.74) is 0.562. The molecule has 8 nitrogen and oxygen atoms in total. The van der Waals surface area contributed by atoms with E-state index in [1.54, 1.807) is 29.1 Å². The lowest BCUT2D eigenvalue weighted by molar-refractivity contribution is -0.170. The molecule has 0 aliphatic carbocycles. The van der Waals surface area contributed by atoms with E-state index in [1.165, 1.54) is 5.56 Å². The SMILES string of the molecule is CCN1CCOc2ccccc2CCCCC2(CN(C(=O)c3cnc(C)nc3)CCO2)C1=O. The quantitative estimate of drug-likeness (QED) is 0.697. The van der Waals surface area contributed by atoms with Crippen LogP contribution in [0.2, 0.25) is 0 Å². The van der Waals surface area contributed by atoms with E-state index < -0.39 is 5.60 Å². The van der Waals surface area contributed by atoms with Gasteiger partial charge in [0, 0.05) is 25.5 Å². The molecule has 0 bridgehead atoms. The van der Waals surface area contributed by atoms with Crippen LogP contribution in [0.4, 0.5) is 0 Å². The Morgan fingerprint density at radius 1 is 1.12 bits per heavy atom. The van der Waals surface area contributed by atoms with E-state index in [-0.39, 0.29) is 18.4 Å². The molecule has 1 aromatic heterocycles. The third kappa shape index (κ3) is 5.16. The summed E-state index contributed by atoms with van der Waals surface area (Å²) in [6, 6.07) is 8.09. The highest BCUT2D eigenvalue weighted by Gasteiger charge is 2.46. The molecule has 0 radical (unpaired) electrons. The number of nitrogens with zero attached hydrogens (tertiary/aromatic N) is 4. The van der Waals surface area contributed by atoms with E-state index in [1.807, 2.05) is 25.1 Å². The van der Waals surface area contributed by atoms with Crippen LogP contribution in [0.3, 0.4) is 0 Å². The van der Waals surface area contributed by atoms with Gasteiger partial charge < -0.3 is 19.3 Å². The lowest BCUT2D eigenvalue weighted by Gasteiger charge is -2.44. The fraction of sp³-hybridized carbons (Fsp3) is 0.520. The number of morpholine rings is 1. The molecule has 1 atom stereocenters. The van der Waals surface area contributed by atoms with Gasteiger partial charge in [-0.2, -0.15) is 0 Å². The molecule has 1 spiro atoms. The van der Waals surface area contributed by atoms with Crippen LogP contribution in [0.25, 0.3) is 0 Å². The maximum Gasteiger partial charge on any atom is 0.257 e. The Morgan fingerprint density at radius 2 is 1.91 bits per heavy atom. The second-order valence-electron chi connectivity index (χ2n) is 8.64. The van der Waals surface area contributed by atoms with Gasteiger partial charge in [-0.05, 0) is 51.2 Å². The van der Waals surface area contributed by atoms with Crippen LogP contribution in [-0.4, -0.2) is 76.6 Å². The van der Waals surface area contributed by atoms with Gasteiger partial charge in [-0.1, -0.05) is 18.2 Å². The maximum atomic E-state index is 13.7. The smallest absolute Gasteiger partial charge is 0.257 e. The number of rotatable bonds is 2. The molecule has 1 aromatic carbocycles. The minimum atomic E-state index is -1.05. The van der Waals surface area contributed by atoms with E-state index >= 15 is 0 Å². The predicted molar refractivity (Wildman–Crippen MR) is 123 cm³/mol. The largest absolute Gasteiger partial charge is 0.491 e. The van der Waals surface area contributed by atoms with Crippen LogP contribution < -0.4 is 4.74 Å². The first-order valence-corrected chi connectivity index (χ1v) is 11.7. The molecule has 1 unspecified atom stereocenters. The molecule has 2 amide bonds. The number of benzene rings is 1. The monoisotopic (exact) mass is 452 g/mol. The van der Waals surface area contributed by atoms with Crippen molar-refractivity contribution in [1.29, 1.82) is 0 Å². The molecule has 33 heavy (non-hydrogen) atoms. The highest BCUT2D eigenvalue weighted by Crippen LogP contribution is 2.30. The Morgan fingerprint density at radius 3 is 2.70 bits per heavy atom. The zero-order chi connectivity index (χ0) is 23.3. The van der Waals surface area contributed by atoms with E-state index in [0.29, 0.717) is 50.7 Å². The minimum absolute atomic E-state index is 0.0693. The number of para-hydroxylation sites is 1. The van der Waals surface area contributed by atoms with Gasteiger partial charge in [0.1, 0.15) is 18.2 Å². The fourth-order valence-corrected chi connectivity index (χ4v) is 4.57. The first-order chi connectivity index (χ1) is 16.0. The number of ether oxygens (including phenoxy) is 2. The second-order valence-corrected chi connectivity index (χ2v) is 8.64. The average Bonchev–Trinajstić information content (AvgIpc) is 2.84. The molecule has 1 fully saturated rings. The molecule has 2 aliphatic rings. The lowest BCUT2D eigenvalue weighted by Crippen LogP contribution is -2.62. The van der Waals surface area contributed by atoms with E-state index in [9.17, 15) is 9.59 Å². The molecule has 2 aliphatic heterocycles. The number of amides is 2. The van der Waals surface area contributed by atoms with Crippen molar-refractivity contribution in [3.8, 4) is 5.75 Å². The normalized spacial score (nSPS) is 22.2. The van der Waals surface area contributed by atoms with Crippen molar-refractivity contribution in [1.82, 2.24) is 19.8 Å². The number of aryl methyl sites for hydroxylation is 2. The molecular weight excluding hydrogens is 420 g/mol. The number of hydrogen-bond donors (Lipinski definition) is 0. The zero-order valence-electron chi connectivity index (χ0n) is 19.5. The number of aromatic nitrogens is 2. The molecule has 8 heteroatoms. The molecule has 1 saturated heterocycles. The summed E-state index contributed by atoms with van der Waals surface area (Å²) in [4.78, 5) is 38.7. The van der Waals surface area contributed by atoms with E-state index in [2.05, 4.69) is 16.0 Å². The summed E-state index contributed by atoms with van der Waals surface area (Å²) in [6.07, 6.45) is 6.25. The molecule has 4 rings (SSSR count). The molecular formula is C25H32N4O4. The Hall–Kier alpha value is -3.00. The number of carbonyl (C=O) groups is 2. The van der Waals surface area contributed by atoms with Gasteiger partial charge in [0.15, 0.2) is 5.60 Å². The van der Waals surface area contributed by atoms with Crippen molar-refractivity contribution in [3.63, 3.8) is 0 Å². The molecule has 176 valence electrons. The van der Waals surface area contributed by atoms with Crippen LogP contribution in [0.1, 0.15) is 47.9 Å². The highest BCUT2D eigenvalue weighted by atomic mass is 16.5. The average molecular weight is 453 g/mol. The Balaban J connectivity index is 1.56. The standard InChI is InChI=1S/C25H32N4O4/c1-3-28-12-14-32-22-10-5-4-8-20(22)9-6-7-11-25(24(28)31)18-29(13-15-33-25)23(30)21-16-26-19(2)27-17-21/h4-5,8,10,16-17H,3,6-7,9,11-15,18H2,1-2H3. The third-order valence-corrected chi connectivity index (χ3v) is 6.43. The number of fused-ring (bicyclic) bond motifs is 1. The van der Waals surface area contributed by atoms with Gasteiger partial charge in [0.25, 0.3) is 11.8 Å². The summed E-state index contributed by atoms with van der Waals surface area (Å²) in [5, 5.41) is 0. The van der Waals surface area contributed by atoms with Crippen LogP contribution in [0.15, 0.2) is 36.7 Å². The zero-order valence-corrected chi connectivity index (χ0v) is 19.5. The Bertz CT molecular complexity index is 981. The van der Waals surface area contributed by atoms with Gasteiger partial charge in [0.05, 0.1) is 25.3 Å². The summed E-state index contributed by atoms with van der Waals surface area (Å²) in [6.45, 7) is 6.15. The fourth-order valence-electron chi connectivity index (χ4n) is 4.57. The molecule has 0 saturated carbocycles. The van der Waals surface area contributed by atoms with Crippen LogP contribution in [-0.2, 0) is 16.0 Å². The maximum absolute atomic E-state index is 13.7. The van der Waals surface area contributed by atoms with Crippen LogP contribution in [0, 0.1) is 6.92 Å². The van der Waals surface area contributed by atoms with Crippen LogP contribution >= 0.6 is 0 Å². The van der Waals surface area contributed by atoms with Gasteiger partial charge in [0.2, 0.25) is 0 Å². The molecule has 2 aromatic rings. The van der Waals surface area contributed by atoms with Crippen molar-refractivity contribution in [3.05, 3.63) is 53.6 Å². The van der Waals surface area contributed by atoms with Crippen molar-refractivity contribution in [2.75, 3.05) is 39.4 Å². The summed E-state index contributed by atoms with van der Waals surface area (Å²) >= 11 is 0. The Kier molecular flexibility index (Phi) is 7.23. The first-order valence-electron chi connectivity index (χ1n) is 11.7. The summed E-state index contributed by atoms with van der Waals surface area (Å²) < 4.78 is 12.2. The number of carbonyl (C=O) groups excluding carboxylic acids is 2. The van der Waals surface area contributed by atoms with Gasteiger partial charge in [-0.25, -0.2) is 9.97 Å². The number of hydrogen-bond acceptors (Lipinski definition) is 6. The topological polar surface area (TPSA) is 84.9 Å². The van der Waals surface area contributed by atoms with Crippen molar-refractivity contribution < 1.29 is 19.1 Å². The lowest BCUT2D eigenvalue weighted by atomic mass is 9.90. The number of likely N-dealkylation sites (N-methyl/N-ethyl adjacent to an activating group) is 1. The van der Waals surface area contributed by atoms with Crippen molar-refractivity contribution in [2.24, 2.45) is 0 Å². The summed E-state index contributed by atoms with van der Waals surface area (Å²) in [5.74, 6) is 1.26. The Labute approximate surface area is 194 Å². The van der Waals surface area contributed by atoms with Gasteiger partial charge in [-0.3, -0.25) is 9.59 Å². The van der Waals surface area contributed by atoms with Crippen LogP contribution in [0.5, 0.6) is 5.75 Å². The van der Waals surface area contributed by atoms with Gasteiger partial charge in [-0.15, -0.1) is 0 Å². The summed E-state index contributed by atoms with van der Waals surface area (Å²) in [7, 11) is 0.